The van der Waals surface area contributed by atoms with Gasteiger partial charge in [-0.15, -0.1) is 0 Å². The molecule has 3 heterocycles. The van der Waals surface area contributed by atoms with E-state index >= 15 is 0 Å². The van der Waals surface area contributed by atoms with Crippen LogP contribution in [0.2, 0.25) is 0 Å². The van der Waals surface area contributed by atoms with Gasteiger partial charge in [-0.05, 0) is 17.8 Å². The van der Waals surface area contributed by atoms with Crippen molar-refractivity contribution in [1.82, 2.24) is 30.1 Å². The Balaban J connectivity index is 2.08. The lowest BCUT2D eigenvalue weighted by molar-refractivity contribution is 0.961. The highest BCUT2D eigenvalue weighted by atomic mass is 32.2. The maximum absolute atomic E-state index is 5.61. The molecule has 0 bridgehead atoms. The molecule has 3 N–H and O–H groups in total. The molecule has 0 unspecified atom stereocenters. The molecule has 8 heteroatoms. The van der Waals surface area contributed by atoms with E-state index in [-0.39, 0.29) is 5.95 Å². The second-order valence-electron chi connectivity index (χ2n) is 3.15. The van der Waals surface area contributed by atoms with Gasteiger partial charge in [-0.25, -0.2) is 15.0 Å². The van der Waals surface area contributed by atoms with Gasteiger partial charge in [0.05, 0.1) is 11.6 Å². The summed E-state index contributed by atoms with van der Waals surface area (Å²) in [7, 11) is 0. The Morgan fingerprint density at radius 1 is 1.18 bits per heavy atom. The Hall–Kier alpha value is -2.22. The summed E-state index contributed by atoms with van der Waals surface area (Å²) in [5, 5.41) is 8.75. The van der Waals surface area contributed by atoms with Gasteiger partial charge in [0.15, 0.2) is 10.8 Å². The standard InChI is InChI=1S/C9H7N7S/c10-8-14-6-5(4-13-16-6)7(15-8)17-9-11-2-1-3-12-9/h1-4H,(H3,10,13,14,15,16). The first-order valence-corrected chi connectivity index (χ1v) is 5.56. The first-order valence-electron chi connectivity index (χ1n) is 4.74. The van der Waals surface area contributed by atoms with E-state index in [0.29, 0.717) is 15.8 Å². The maximum atomic E-state index is 5.61. The van der Waals surface area contributed by atoms with E-state index in [1.165, 1.54) is 11.8 Å². The van der Waals surface area contributed by atoms with E-state index in [0.717, 1.165) is 5.39 Å². The molecule has 0 saturated carbocycles. The molecule has 0 aliphatic heterocycles. The minimum absolute atomic E-state index is 0.195. The van der Waals surface area contributed by atoms with Crippen molar-refractivity contribution in [2.75, 3.05) is 5.73 Å². The van der Waals surface area contributed by atoms with Gasteiger partial charge in [0.1, 0.15) is 5.03 Å². The van der Waals surface area contributed by atoms with Crippen LogP contribution in [0, 0.1) is 0 Å². The third-order valence-corrected chi connectivity index (χ3v) is 2.92. The van der Waals surface area contributed by atoms with Crippen molar-refractivity contribution in [3.05, 3.63) is 24.7 Å². The van der Waals surface area contributed by atoms with Crippen molar-refractivity contribution in [2.24, 2.45) is 0 Å². The molecule has 84 valence electrons. The highest BCUT2D eigenvalue weighted by Gasteiger charge is 2.10. The molecule has 0 radical (unpaired) electrons. The van der Waals surface area contributed by atoms with Crippen LogP contribution in [0.1, 0.15) is 0 Å². The second kappa shape index (κ2) is 3.98. The number of aromatic nitrogens is 6. The molecule has 0 spiro atoms. The normalized spacial score (nSPS) is 10.8. The fraction of sp³-hybridized carbons (Fsp3) is 0. The lowest BCUT2D eigenvalue weighted by Crippen LogP contribution is -1.97. The van der Waals surface area contributed by atoms with Crippen LogP contribution in [0.3, 0.4) is 0 Å². The first-order chi connectivity index (χ1) is 8.33. The summed E-state index contributed by atoms with van der Waals surface area (Å²) >= 11 is 1.32. The van der Waals surface area contributed by atoms with Gasteiger partial charge in [0.2, 0.25) is 5.95 Å². The van der Waals surface area contributed by atoms with Crippen molar-refractivity contribution in [3.63, 3.8) is 0 Å². The largest absolute Gasteiger partial charge is 0.368 e. The molecular weight excluding hydrogens is 238 g/mol. The number of nitrogens with one attached hydrogen (secondary N) is 1. The Labute approximate surface area is 99.9 Å². The first kappa shape index (κ1) is 9.97. The minimum atomic E-state index is 0.195. The van der Waals surface area contributed by atoms with Crippen LogP contribution in [0.4, 0.5) is 5.95 Å². The van der Waals surface area contributed by atoms with E-state index in [2.05, 4.69) is 30.1 Å². The summed E-state index contributed by atoms with van der Waals surface area (Å²) in [6, 6.07) is 1.76. The number of fused-ring (bicyclic) bond motifs is 1. The van der Waals surface area contributed by atoms with Gasteiger partial charge in [-0.3, -0.25) is 5.10 Å². The molecule has 0 aromatic carbocycles. The van der Waals surface area contributed by atoms with Crippen molar-refractivity contribution >= 4 is 28.7 Å². The van der Waals surface area contributed by atoms with Crippen molar-refractivity contribution in [1.29, 1.82) is 0 Å². The number of nitrogens with two attached hydrogens (primary N) is 1. The van der Waals surface area contributed by atoms with E-state index in [9.17, 15) is 0 Å². The predicted octanol–water partition coefficient (Wildman–Crippen LogP) is 0.876. The van der Waals surface area contributed by atoms with Crippen molar-refractivity contribution in [2.45, 2.75) is 10.2 Å². The molecule has 0 saturated heterocycles. The molecule has 3 rings (SSSR count). The molecule has 3 aromatic rings. The van der Waals surface area contributed by atoms with Crippen LogP contribution in [-0.2, 0) is 0 Å². The average molecular weight is 245 g/mol. The zero-order valence-corrected chi connectivity index (χ0v) is 9.35. The highest BCUT2D eigenvalue weighted by Crippen LogP contribution is 2.28. The number of hydrogen-bond acceptors (Lipinski definition) is 7. The molecule has 7 nitrogen and oxygen atoms in total. The summed E-state index contributed by atoms with van der Waals surface area (Å²) < 4.78 is 0. The van der Waals surface area contributed by atoms with Crippen molar-refractivity contribution in [3.8, 4) is 0 Å². The summed E-state index contributed by atoms with van der Waals surface area (Å²) in [4.78, 5) is 16.4. The Bertz CT molecular complexity index is 651. The average Bonchev–Trinajstić information content (AvgIpc) is 2.78. The van der Waals surface area contributed by atoms with Gasteiger partial charge in [0.25, 0.3) is 0 Å². The summed E-state index contributed by atoms with van der Waals surface area (Å²) in [5.41, 5.74) is 6.22. The fourth-order valence-corrected chi connectivity index (χ4v) is 2.13. The molecule has 0 aliphatic carbocycles. The second-order valence-corrected chi connectivity index (χ2v) is 4.11. The third-order valence-electron chi connectivity index (χ3n) is 2.02. The fourth-order valence-electron chi connectivity index (χ4n) is 1.33. The number of nitrogens with zero attached hydrogens (tertiary/aromatic N) is 5. The minimum Gasteiger partial charge on any atom is -0.368 e. The summed E-state index contributed by atoms with van der Waals surface area (Å²) in [6.07, 6.45) is 5.00. The molecule has 0 fully saturated rings. The smallest absolute Gasteiger partial charge is 0.223 e. The van der Waals surface area contributed by atoms with Gasteiger partial charge in [0, 0.05) is 12.4 Å². The van der Waals surface area contributed by atoms with E-state index in [1.807, 2.05) is 0 Å². The number of anilines is 1. The number of nitrogen functional groups attached to an aromatic ring is 1. The summed E-state index contributed by atoms with van der Waals surface area (Å²) in [5.74, 6) is 0.195. The van der Waals surface area contributed by atoms with E-state index < -0.39 is 0 Å². The van der Waals surface area contributed by atoms with Crippen LogP contribution in [-0.4, -0.2) is 30.1 Å². The molecule has 0 atom stereocenters. The Kier molecular flexibility index (Phi) is 2.33. The lowest BCUT2D eigenvalue weighted by atomic mass is 10.4. The van der Waals surface area contributed by atoms with E-state index in [4.69, 9.17) is 5.73 Å². The number of rotatable bonds is 2. The zero-order valence-electron chi connectivity index (χ0n) is 8.53. The quantitative estimate of drug-likeness (QED) is 0.509. The lowest BCUT2D eigenvalue weighted by Gasteiger charge is -2.00. The van der Waals surface area contributed by atoms with E-state index in [1.54, 1.807) is 24.7 Å². The van der Waals surface area contributed by atoms with Crippen LogP contribution >= 0.6 is 11.8 Å². The predicted molar refractivity (Wildman–Crippen MR) is 62.3 cm³/mol. The molecule has 0 amide bonds. The van der Waals surface area contributed by atoms with Crippen molar-refractivity contribution < 1.29 is 0 Å². The molecular formula is C9H7N7S. The zero-order chi connectivity index (χ0) is 11.7. The van der Waals surface area contributed by atoms with Crippen LogP contribution in [0.5, 0.6) is 0 Å². The maximum Gasteiger partial charge on any atom is 0.223 e. The Morgan fingerprint density at radius 3 is 2.82 bits per heavy atom. The highest BCUT2D eigenvalue weighted by molar-refractivity contribution is 7.99. The molecule has 0 aliphatic rings. The third kappa shape index (κ3) is 1.89. The van der Waals surface area contributed by atoms with Gasteiger partial charge in [-0.1, -0.05) is 0 Å². The van der Waals surface area contributed by atoms with Crippen LogP contribution < -0.4 is 5.73 Å². The monoisotopic (exact) mass is 245 g/mol. The van der Waals surface area contributed by atoms with Crippen LogP contribution in [0.15, 0.2) is 34.8 Å². The van der Waals surface area contributed by atoms with Gasteiger partial charge >= 0.3 is 0 Å². The number of hydrogen-bond donors (Lipinski definition) is 2. The number of H-pyrrole nitrogens is 1. The molecule has 3 aromatic heterocycles. The topological polar surface area (TPSA) is 106 Å². The SMILES string of the molecule is Nc1nc(Sc2ncccn2)c2cn[nH]c2n1. The van der Waals surface area contributed by atoms with Gasteiger partial charge < -0.3 is 5.73 Å². The Morgan fingerprint density at radius 2 is 2.00 bits per heavy atom. The van der Waals surface area contributed by atoms with Crippen LogP contribution in [0.25, 0.3) is 11.0 Å². The van der Waals surface area contributed by atoms with Gasteiger partial charge in [-0.2, -0.15) is 10.1 Å². The number of aromatic amines is 1. The summed E-state index contributed by atoms with van der Waals surface area (Å²) in [6.45, 7) is 0. The molecule has 17 heavy (non-hydrogen) atoms.